The molecule has 3 fully saturated rings. The van der Waals surface area contributed by atoms with E-state index in [4.69, 9.17) is 0 Å². The maximum absolute atomic E-state index is 12.8. The molecule has 1 unspecified atom stereocenters. The molecule has 0 N–H and O–H groups in total. The van der Waals surface area contributed by atoms with Gasteiger partial charge in [-0.3, -0.25) is 4.79 Å². The first kappa shape index (κ1) is 11.7. The van der Waals surface area contributed by atoms with Gasteiger partial charge in [0.25, 0.3) is 0 Å². The standard InChI is InChI=1S/C16H26O/c1-5-8-15(4)12-10-16(12)11(13(15)17)7-6-9-14(16,2)3/h11-12H,5-10H2,1-4H3/t11-,12?,15+,16-/m0/s1. The van der Waals surface area contributed by atoms with E-state index in [9.17, 15) is 4.79 Å². The molecule has 0 amide bonds. The van der Waals surface area contributed by atoms with Crippen LogP contribution in [0, 0.1) is 28.1 Å². The summed E-state index contributed by atoms with van der Waals surface area (Å²) < 4.78 is 0. The maximum atomic E-state index is 12.8. The molecule has 0 bridgehead atoms. The lowest BCUT2D eigenvalue weighted by Gasteiger charge is -2.42. The average Bonchev–Trinajstić information content (AvgIpc) is 2.95. The zero-order valence-corrected chi connectivity index (χ0v) is 11.8. The van der Waals surface area contributed by atoms with E-state index < -0.39 is 0 Å². The van der Waals surface area contributed by atoms with E-state index in [1.54, 1.807) is 0 Å². The fraction of sp³-hybridized carbons (Fsp3) is 0.938. The predicted octanol–water partition coefficient (Wildman–Crippen LogP) is 4.21. The quantitative estimate of drug-likeness (QED) is 0.699. The van der Waals surface area contributed by atoms with Crippen LogP contribution in [0.4, 0.5) is 0 Å². The number of hydrogen-bond acceptors (Lipinski definition) is 1. The van der Waals surface area contributed by atoms with Gasteiger partial charge in [-0.25, -0.2) is 0 Å². The number of carbonyl (C=O) groups excluding carboxylic acids is 1. The Balaban J connectivity index is 2.01. The molecule has 96 valence electrons. The van der Waals surface area contributed by atoms with E-state index in [-0.39, 0.29) is 5.41 Å². The van der Waals surface area contributed by atoms with Crippen LogP contribution in [-0.4, -0.2) is 5.78 Å². The molecular formula is C16H26O. The summed E-state index contributed by atoms with van der Waals surface area (Å²) in [5.74, 6) is 1.75. The molecule has 1 heteroatoms. The van der Waals surface area contributed by atoms with Crippen LogP contribution in [0.15, 0.2) is 0 Å². The summed E-state index contributed by atoms with van der Waals surface area (Å²) in [5, 5.41) is 0. The van der Waals surface area contributed by atoms with Crippen molar-refractivity contribution in [1.29, 1.82) is 0 Å². The molecule has 0 radical (unpaired) electrons. The Hall–Kier alpha value is -0.330. The Bertz CT molecular complexity index is 370. The van der Waals surface area contributed by atoms with Gasteiger partial charge in [-0.05, 0) is 42.4 Å². The third-order valence-electron chi connectivity index (χ3n) is 6.60. The summed E-state index contributed by atoms with van der Waals surface area (Å²) in [6.45, 7) is 9.33. The average molecular weight is 234 g/mol. The first-order valence-electron chi connectivity index (χ1n) is 7.44. The molecule has 17 heavy (non-hydrogen) atoms. The largest absolute Gasteiger partial charge is 0.299 e. The molecule has 0 aromatic heterocycles. The Kier molecular flexibility index (Phi) is 2.18. The molecular weight excluding hydrogens is 208 g/mol. The Morgan fingerprint density at radius 1 is 1.29 bits per heavy atom. The van der Waals surface area contributed by atoms with Crippen molar-refractivity contribution in [1.82, 2.24) is 0 Å². The zero-order valence-electron chi connectivity index (χ0n) is 11.8. The summed E-state index contributed by atoms with van der Waals surface area (Å²) in [4.78, 5) is 12.8. The van der Waals surface area contributed by atoms with Gasteiger partial charge in [0, 0.05) is 11.3 Å². The highest BCUT2D eigenvalue weighted by Crippen LogP contribution is 2.81. The van der Waals surface area contributed by atoms with Crippen molar-refractivity contribution in [2.24, 2.45) is 28.1 Å². The van der Waals surface area contributed by atoms with E-state index >= 15 is 0 Å². The molecule has 0 heterocycles. The predicted molar refractivity (Wildman–Crippen MR) is 69.7 cm³/mol. The van der Waals surface area contributed by atoms with Gasteiger partial charge in [0.2, 0.25) is 0 Å². The second kappa shape index (κ2) is 3.16. The van der Waals surface area contributed by atoms with Crippen molar-refractivity contribution < 1.29 is 4.79 Å². The highest BCUT2D eigenvalue weighted by atomic mass is 16.1. The van der Waals surface area contributed by atoms with Crippen molar-refractivity contribution >= 4 is 5.78 Å². The fourth-order valence-electron chi connectivity index (χ4n) is 5.67. The first-order chi connectivity index (χ1) is 7.90. The Labute approximate surface area is 105 Å². The van der Waals surface area contributed by atoms with Crippen LogP contribution in [0.5, 0.6) is 0 Å². The SMILES string of the molecule is CCC[C@@]1(C)C(=O)[C@@H]2CCCC(C)(C)[C@@]23CC13. The van der Waals surface area contributed by atoms with Crippen LogP contribution in [0.2, 0.25) is 0 Å². The van der Waals surface area contributed by atoms with Crippen molar-refractivity contribution in [3.63, 3.8) is 0 Å². The van der Waals surface area contributed by atoms with Gasteiger partial charge in [-0.2, -0.15) is 0 Å². The molecule has 3 aliphatic carbocycles. The molecule has 4 atom stereocenters. The molecule has 0 aliphatic heterocycles. The van der Waals surface area contributed by atoms with Crippen molar-refractivity contribution in [2.75, 3.05) is 0 Å². The topological polar surface area (TPSA) is 17.1 Å². The molecule has 0 aromatic carbocycles. The molecule has 0 aromatic rings. The van der Waals surface area contributed by atoms with E-state index in [2.05, 4.69) is 27.7 Å². The van der Waals surface area contributed by atoms with Crippen LogP contribution in [0.3, 0.4) is 0 Å². The molecule has 3 aliphatic rings. The maximum Gasteiger partial charge on any atom is 0.142 e. The van der Waals surface area contributed by atoms with Crippen molar-refractivity contribution in [3.05, 3.63) is 0 Å². The second-order valence-electron chi connectivity index (χ2n) is 7.66. The fourth-order valence-corrected chi connectivity index (χ4v) is 5.67. The van der Waals surface area contributed by atoms with Crippen LogP contribution in [0.25, 0.3) is 0 Å². The number of ketones is 1. The number of rotatable bonds is 2. The second-order valence-corrected chi connectivity index (χ2v) is 7.66. The molecule has 3 saturated carbocycles. The highest BCUT2D eigenvalue weighted by molar-refractivity contribution is 5.92. The number of hydrogen-bond donors (Lipinski definition) is 0. The summed E-state index contributed by atoms with van der Waals surface area (Å²) in [5.41, 5.74) is 0.842. The highest BCUT2D eigenvalue weighted by Gasteiger charge is 2.79. The Morgan fingerprint density at radius 2 is 2.00 bits per heavy atom. The van der Waals surface area contributed by atoms with Gasteiger partial charge in [0.05, 0.1) is 0 Å². The minimum Gasteiger partial charge on any atom is -0.299 e. The van der Waals surface area contributed by atoms with E-state index in [0.29, 0.717) is 28.4 Å². The molecule has 1 spiro atoms. The smallest absolute Gasteiger partial charge is 0.142 e. The lowest BCUT2D eigenvalue weighted by molar-refractivity contribution is -0.133. The lowest BCUT2D eigenvalue weighted by Crippen LogP contribution is -2.39. The molecule has 1 nitrogen and oxygen atoms in total. The van der Waals surface area contributed by atoms with Gasteiger partial charge in [0.1, 0.15) is 5.78 Å². The summed E-state index contributed by atoms with van der Waals surface area (Å²) >= 11 is 0. The number of carbonyl (C=O) groups is 1. The van der Waals surface area contributed by atoms with Crippen molar-refractivity contribution in [2.45, 2.75) is 66.2 Å². The van der Waals surface area contributed by atoms with Gasteiger partial charge in [0.15, 0.2) is 0 Å². The van der Waals surface area contributed by atoms with Crippen molar-refractivity contribution in [3.8, 4) is 0 Å². The third kappa shape index (κ3) is 1.14. The number of Topliss-reactive ketones (excluding diaryl/α,β-unsaturated/α-hetero) is 1. The third-order valence-corrected chi connectivity index (χ3v) is 6.60. The van der Waals surface area contributed by atoms with Crippen LogP contribution in [-0.2, 0) is 4.79 Å². The van der Waals surface area contributed by atoms with Gasteiger partial charge >= 0.3 is 0 Å². The van der Waals surface area contributed by atoms with E-state index in [1.807, 2.05) is 0 Å². The van der Waals surface area contributed by atoms with Crippen LogP contribution >= 0.6 is 0 Å². The summed E-state index contributed by atoms with van der Waals surface area (Å²) in [6, 6.07) is 0. The van der Waals surface area contributed by atoms with Crippen LogP contribution in [0.1, 0.15) is 66.2 Å². The lowest BCUT2D eigenvalue weighted by atomic mass is 9.61. The minimum absolute atomic E-state index is 0.0288. The molecule has 3 rings (SSSR count). The van der Waals surface area contributed by atoms with Crippen LogP contribution < -0.4 is 0 Å². The van der Waals surface area contributed by atoms with E-state index in [1.165, 1.54) is 25.7 Å². The minimum atomic E-state index is 0.0288. The summed E-state index contributed by atoms with van der Waals surface area (Å²) in [6.07, 6.45) is 7.38. The zero-order chi connectivity index (χ0) is 12.5. The Morgan fingerprint density at radius 3 is 2.59 bits per heavy atom. The first-order valence-corrected chi connectivity index (χ1v) is 7.44. The van der Waals surface area contributed by atoms with Gasteiger partial charge in [-0.1, -0.05) is 40.5 Å². The molecule has 0 saturated heterocycles. The monoisotopic (exact) mass is 234 g/mol. The summed E-state index contributed by atoms with van der Waals surface area (Å²) in [7, 11) is 0. The normalized spacial score (nSPS) is 50.9. The van der Waals surface area contributed by atoms with E-state index in [0.717, 1.165) is 12.8 Å². The van der Waals surface area contributed by atoms with Gasteiger partial charge in [-0.15, -0.1) is 0 Å². The van der Waals surface area contributed by atoms with Gasteiger partial charge < -0.3 is 0 Å².